The zero-order chi connectivity index (χ0) is 14.7. The number of fused-ring (bicyclic) bond motifs is 1. The molecule has 1 unspecified atom stereocenters. The van der Waals surface area contributed by atoms with E-state index < -0.39 is 0 Å². The number of aryl methyl sites for hydroxylation is 2. The van der Waals surface area contributed by atoms with Crippen LogP contribution >= 0.6 is 11.3 Å². The predicted molar refractivity (Wildman–Crippen MR) is 87.9 cm³/mol. The van der Waals surface area contributed by atoms with Gasteiger partial charge in [-0.2, -0.15) is 0 Å². The highest BCUT2D eigenvalue weighted by atomic mass is 32.1. The van der Waals surface area contributed by atoms with Crippen LogP contribution in [0.2, 0.25) is 0 Å². The minimum Gasteiger partial charge on any atom is -0.383 e. The Bertz CT molecular complexity index is 446. The highest BCUT2D eigenvalue weighted by molar-refractivity contribution is 7.12. The third kappa shape index (κ3) is 3.17. The lowest BCUT2D eigenvalue weighted by molar-refractivity contribution is 0.145. The van der Waals surface area contributed by atoms with Crippen LogP contribution in [0.3, 0.4) is 0 Å². The van der Waals surface area contributed by atoms with E-state index >= 15 is 0 Å². The first-order valence-electron chi connectivity index (χ1n) is 8.47. The molecule has 1 atom stereocenters. The van der Waals surface area contributed by atoms with Gasteiger partial charge in [-0.05, 0) is 44.9 Å². The summed E-state index contributed by atoms with van der Waals surface area (Å²) in [4.78, 5) is 6.57. The van der Waals surface area contributed by atoms with Gasteiger partial charge in [0.25, 0.3) is 0 Å². The maximum Gasteiger partial charge on any atom is 0.113 e. The number of aromatic nitrogens is 1. The number of thiazole rings is 1. The van der Waals surface area contributed by atoms with Gasteiger partial charge in [0.2, 0.25) is 0 Å². The van der Waals surface area contributed by atoms with Crippen molar-refractivity contribution >= 4 is 11.3 Å². The van der Waals surface area contributed by atoms with Crippen LogP contribution in [-0.2, 0) is 23.1 Å². The molecule has 4 heteroatoms. The van der Waals surface area contributed by atoms with E-state index in [0.29, 0.717) is 0 Å². The van der Waals surface area contributed by atoms with Crippen molar-refractivity contribution in [3.63, 3.8) is 0 Å². The first-order valence-corrected chi connectivity index (χ1v) is 9.28. The van der Waals surface area contributed by atoms with Crippen LogP contribution in [0.25, 0.3) is 0 Å². The number of nitrogens with zero attached hydrogens (tertiary/aromatic N) is 1. The molecule has 0 spiro atoms. The van der Waals surface area contributed by atoms with E-state index in [1.165, 1.54) is 62.1 Å². The molecular formula is C17H28N2OS. The molecule has 0 amide bonds. The molecule has 1 N–H and O–H groups in total. The van der Waals surface area contributed by atoms with Gasteiger partial charge in [0.05, 0.1) is 17.8 Å². The molecule has 0 aromatic carbocycles. The van der Waals surface area contributed by atoms with Crippen LogP contribution in [0.5, 0.6) is 0 Å². The van der Waals surface area contributed by atoms with Crippen molar-refractivity contribution in [2.45, 2.75) is 63.8 Å². The van der Waals surface area contributed by atoms with Crippen LogP contribution in [0.4, 0.5) is 0 Å². The summed E-state index contributed by atoms with van der Waals surface area (Å²) in [6.45, 7) is 4.06. The Morgan fingerprint density at radius 3 is 2.76 bits per heavy atom. The summed E-state index contributed by atoms with van der Waals surface area (Å²) in [5.41, 5.74) is 1.42. The van der Waals surface area contributed by atoms with Crippen molar-refractivity contribution in [2.75, 3.05) is 20.3 Å². The van der Waals surface area contributed by atoms with Crippen molar-refractivity contribution in [3.05, 3.63) is 15.6 Å². The molecule has 0 aliphatic heterocycles. The molecule has 1 aromatic heterocycles. The van der Waals surface area contributed by atoms with E-state index in [1.54, 1.807) is 12.0 Å². The van der Waals surface area contributed by atoms with E-state index in [1.807, 2.05) is 11.3 Å². The number of rotatable bonds is 6. The van der Waals surface area contributed by atoms with E-state index in [4.69, 9.17) is 9.72 Å². The largest absolute Gasteiger partial charge is 0.383 e. The Morgan fingerprint density at radius 2 is 2.05 bits per heavy atom. The topological polar surface area (TPSA) is 34.1 Å². The van der Waals surface area contributed by atoms with Crippen LogP contribution in [0.15, 0.2) is 0 Å². The number of nitrogens with one attached hydrogen (secondary N) is 1. The summed E-state index contributed by atoms with van der Waals surface area (Å²) in [6.07, 6.45) is 10.5. The van der Waals surface area contributed by atoms with Gasteiger partial charge in [-0.3, -0.25) is 0 Å². The fourth-order valence-electron chi connectivity index (χ4n) is 3.90. The van der Waals surface area contributed by atoms with Gasteiger partial charge in [-0.1, -0.05) is 19.3 Å². The molecular weight excluding hydrogens is 280 g/mol. The van der Waals surface area contributed by atoms with Gasteiger partial charge in [0.1, 0.15) is 5.01 Å². The Kier molecular flexibility index (Phi) is 4.97. The molecule has 118 valence electrons. The van der Waals surface area contributed by atoms with Crippen LogP contribution in [0.1, 0.15) is 61.0 Å². The highest BCUT2D eigenvalue weighted by Gasteiger charge is 2.39. The van der Waals surface area contributed by atoms with E-state index in [2.05, 4.69) is 12.2 Å². The third-order valence-corrected chi connectivity index (χ3v) is 6.65. The quantitative estimate of drug-likeness (QED) is 0.814. The van der Waals surface area contributed by atoms with Crippen molar-refractivity contribution in [1.82, 2.24) is 10.3 Å². The Labute approximate surface area is 132 Å². The average molecular weight is 308 g/mol. The summed E-state index contributed by atoms with van der Waals surface area (Å²) >= 11 is 1.97. The van der Waals surface area contributed by atoms with Crippen LogP contribution in [-0.4, -0.2) is 25.2 Å². The Morgan fingerprint density at radius 1 is 1.24 bits per heavy atom. The smallest absolute Gasteiger partial charge is 0.113 e. The van der Waals surface area contributed by atoms with Crippen molar-refractivity contribution < 1.29 is 4.74 Å². The lowest BCUT2D eigenvalue weighted by Gasteiger charge is -2.39. The van der Waals surface area contributed by atoms with Gasteiger partial charge >= 0.3 is 0 Å². The van der Waals surface area contributed by atoms with Gasteiger partial charge < -0.3 is 10.1 Å². The second-order valence-corrected chi connectivity index (χ2v) is 7.78. The van der Waals surface area contributed by atoms with Crippen molar-refractivity contribution in [3.8, 4) is 0 Å². The summed E-state index contributed by atoms with van der Waals surface area (Å²) in [6, 6.07) is 0. The number of hydrogen-bond acceptors (Lipinski definition) is 4. The summed E-state index contributed by atoms with van der Waals surface area (Å²) in [5, 5.41) is 5.12. The standard InChI is InChI=1S/C17H28N2OS/c1-17(18-11-12-20-2,13-7-4-3-5-8-13)16-19-14-9-6-10-15(14)21-16/h13,18H,3-12H2,1-2H3. The first kappa shape index (κ1) is 15.4. The predicted octanol–water partition coefficient (Wildman–Crippen LogP) is 3.66. The molecule has 1 saturated carbocycles. The molecule has 1 aromatic rings. The van der Waals surface area contributed by atoms with Gasteiger partial charge in [-0.25, -0.2) is 4.98 Å². The minimum atomic E-state index is 0.0357. The molecule has 3 nitrogen and oxygen atoms in total. The lowest BCUT2D eigenvalue weighted by atomic mass is 9.76. The normalized spacial score (nSPS) is 22.2. The minimum absolute atomic E-state index is 0.0357. The second kappa shape index (κ2) is 6.76. The van der Waals surface area contributed by atoms with Crippen molar-refractivity contribution in [1.29, 1.82) is 0 Å². The van der Waals surface area contributed by atoms with Gasteiger partial charge in [0, 0.05) is 18.5 Å². The number of hydrogen-bond donors (Lipinski definition) is 1. The monoisotopic (exact) mass is 308 g/mol. The molecule has 0 saturated heterocycles. The molecule has 3 rings (SSSR count). The fourth-order valence-corrected chi connectivity index (χ4v) is 5.25. The van der Waals surface area contributed by atoms with Gasteiger partial charge in [-0.15, -0.1) is 11.3 Å². The molecule has 2 aliphatic rings. The van der Waals surface area contributed by atoms with Crippen molar-refractivity contribution in [2.24, 2.45) is 5.92 Å². The maximum absolute atomic E-state index is 5.24. The summed E-state index contributed by atoms with van der Waals surface area (Å²) in [7, 11) is 1.78. The Hall–Kier alpha value is -0.450. The molecule has 1 fully saturated rings. The molecule has 21 heavy (non-hydrogen) atoms. The maximum atomic E-state index is 5.24. The number of ether oxygens (including phenoxy) is 1. The lowest BCUT2D eigenvalue weighted by Crippen LogP contribution is -2.48. The Balaban J connectivity index is 1.82. The van der Waals surface area contributed by atoms with E-state index in [9.17, 15) is 0 Å². The first-order chi connectivity index (χ1) is 10.2. The van der Waals surface area contributed by atoms with E-state index in [-0.39, 0.29) is 5.54 Å². The molecule has 0 radical (unpaired) electrons. The highest BCUT2D eigenvalue weighted by Crippen LogP contribution is 2.42. The SMILES string of the molecule is COCCNC(C)(c1nc2c(s1)CCC2)C1CCCCC1. The van der Waals surface area contributed by atoms with Crippen LogP contribution < -0.4 is 5.32 Å². The van der Waals surface area contributed by atoms with Crippen LogP contribution in [0, 0.1) is 5.92 Å². The fraction of sp³-hybridized carbons (Fsp3) is 0.824. The third-order valence-electron chi connectivity index (χ3n) is 5.26. The number of methoxy groups -OCH3 is 1. The molecule has 1 heterocycles. The summed E-state index contributed by atoms with van der Waals surface area (Å²) < 4.78 is 5.24. The molecule has 2 aliphatic carbocycles. The van der Waals surface area contributed by atoms with E-state index in [0.717, 1.165) is 19.1 Å². The second-order valence-electron chi connectivity index (χ2n) is 6.70. The zero-order valence-corrected chi connectivity index (χ0v) is 14.2. The zero-order valence-electron chi connectivity index (χ0n) is 13.4. The van der Waals surface area contributed by atoms with Gasteiger partial charge in [0.15, 0.2) is 0 Å². The summed E-state index contributed by atoms with van der Waals surface area (Å²) in [5.74, 6) is 0.717. The average Bonchev–Trinajstić information content (AvgIpc) is 3.10. The molecule has 0 bridgehead atoms.